The van der Waals surface area contributed by atoms with Gasteiger partial charge in [-0.3, -0.25) is 15.2 Å². The molecule has 6 N–H and O–H groups in total. The van der Waals surface area contributed by atoms with Crippen molar-refractivity contribution in [2.24, 2.45) is 5.73 Å². The normalized spacial score (nSPS) is 11.1. The molecule has 4 rings (SSSR count). The Labute approximate surface area is 224 Å². The molecule has 2 heterocycles. The summed E-state index contributed by atoms with van der Waals surface area (Å²) in [5.74, 6) is -0.0593. The monoisotopic (exact) mass is 531 g/mol. The first-order chi connectivity index (χ1) is 18.7. The molecule has 0 aliphatic carbocycles. The summed E-state index contributed by atoms with van der Waals surface area (Å²) in [5.41, 5.74) is 8.36. The molecule has 0 aliphatic rings. The lowest BCUT2D eigenvalue weighted by Crippen LogP contribution is -2.18. The van der Waals surface area contributed by atoms with Crippen LogP contribution in [0.4, 0.5) is 0 Å². The third-order valence-electron chi connectivity index (χ3n) is 5.36. The third-order valence-corrected chi connectivity index (χ3v) is 5.36. The summed E-state index contributed by atoms with van der Waals surface area (Å²) >= 11 is 0. The molecule has 0 aliphatic heterocycles. The van der Waals surface area contributed by atoms with E-state index in [0.717, 1.165) is 28.3 Å². The van der Waals surface area contributed by atoms with Gasteiger partial charge in [0.2, 0.25) is 0 Å². The number of aliphatic hydroxyl groups is 1. The van der Waals surface area contributed by atoms with Crippen LogP contribution in [-0.2, 0) is 11.2 Å². The molecule has 0 saturated heterocycles. The summed E-state index contributed by atoms with van der Waals surface area (Å²) in [4.78, 5) is 32.8. The van der Waals surface area contributed by atoms with Gasteiger partial charge in [0.15, 0.2) is 0 Å². The number of aliphatic carboxylic acids is 1. The zero-order chi connectivity index (χ0) is 28.4. The Morgan fingerprint density at radius 2 is 1.90 bits per heavy atom. The number of aromatic nitrogens is 5. The van der Waals surface area contributed by atoms with Gasteiger partial charge in [0.25, 0.3) is 11.9 Å². The number of carbonyl (C=O) groups is 1. The fourth-order valence-corrected chi connectivity index (χ4v) is 3.67. The van der Waals surface area contributed by atoms with Crippen molar-refractivity contribution in [2.45, 2.75) is 19.3 Å². The molecule has 202 valence electrons. The van der Waals surface area contributed by atoms with Crippen molar-refractivity contribution in [3.8, 4) is 11.7 Å². The first-order valence-electron chi connectivity index (χ1n) is 11.8. The second-order valence-electron chi connectivity index (χ2n) is 8.27. The molecular formula is C27H29N7O5. The zero-order valence-corrected chi connectivity index (χ0v) is 21.2. The van der Waals surface area contributed by atoms with Crippen molar-refractivity contribution < 1.29 is 19.7 Å². The minimum atomic E-state index is -0.833. The molecule has 39 heavy (non-hydrogen) atoms. The van der Waals surface area contributed by atoms with Gasteiger partial charge >= 0.3 is 5.69 Å². The minimum absolute atomic E-state index is 0.0107. The van der Waals surface area contributed by atoms with Gasteiger partial charge in [-0.1, -0.05) is 43.0 Å². The molecule has 0 spiro atoms. The SMILES string of the molecule is C=Cc1cc(OCCO)cc(C(Cc2ccc(C(=N)N)cc2)c2nn(-c3ncccn3)c(=O)[nH]2)c1.CC(=O)O. The van der Waals surface area contributed by atoms with E-state index < -0.39 is 11.7 Å². The number of amidine groups is 1. The number of nitrogens with zero attached hydrogens (tertiary/aromatic N) is 4. The van der Waals surface area contributed by atoms with Crippen LogP contribution >= 0.6 is 0 Å². The number of rotatable bonds is 10. The lowest BCUT2D eigenvalue weighted by molar-refractivity contribution is -0.134. The average molecular weight is 532 g/mol. The molecule has 12 nitrogen and oxygen atoms in total. The van der Waals surface area contributed by atoms with Gasteiger partial charge in [0.1, 0.15) is 24.0 Å². The van der Waals surface area contributed by atoms with E-state index in [1.54, 1.807) is 24.3 Å². The van der Waals surface area contributed by atoms with E-state index in [0.29, 0.717) is 23.6 Å². The Balaban J connectivity index is 0.000000983. The van der Waals surface area contributed by atoms with Gasteiger partial charge in [0.05, 0.1) is 6.61 Å². The highest BCUT2D eigenvalue weighted by Gasteiger charge is 2.22. The summed E-state index contributed by atoms with van der Waals surface area (Å²) in [6.07, 6.45) is 5.26. The van der Waals surface area contributed by atoms with Gasteiger partial charge in [-0.25, -0.2) is 14.8 Å². The fourth-order valence-electron chi connectivity index (χ4n) is 3.67. The fraction of sp³-hybridized carbons (Fsp3) is 0.185. The van der Waals surface area contributed by atoms with Crippen molar-refractivity contribution in [2.75, 3.05) is 13.2 Å². The smallest absolute Gasteiger partial charge is 0.350 e. The molecule has 4 aromatic rings. The first kappa shape index (κ1) is 28.5. The highest BCUT2D eigenvalue weighted by molar-refractivity contribution is 5.94. The van der Waals surface area contributed by atoms with Crippen LogP contribution in [0.3, 0.4) is 0 Å². The van der Waals surface area contributed by atoms with E-state index in [-0.39, 0.29) is 30.9 Å². The van der Waals surface area contributed by atoms with Gasteiger partial charge in [-0.2, -0.15) is 0 Å². The predicted molar refractivity (Wildman–Crippen MR) is 145 cm³/mol. The molecule has 2 aromatic carbocycles. The number of hydrogen-bond donors (Lipinski definition) is 5. The molecule has 2 aromatic heterocycles. The second kappa shape index (κ2) is 13.4. The maximum absolute atomic E-state index is 12.7. The average Bonchev–Trinajstić information content (AvgIpc) is 3.31. The number of nitrogens with two attached hydrogens (primary N) is 1. The van der Waals surface area contributed by atoms with Gasteiger partial charge < -0.3 is 20.7 Å². The third kappa shape index (κ3) is 7.94. The van der Waals surface area contributed by atoms with Crippen LogP contribution in [0.15, 0.2) is 72.3 Å². The molecule has 0 saturated carbocycles. The summed E-state index contributed by atoms with van der Waals surface area (Å²) in [5, 5.41) is 28.7. The van der Waals surface area contributed by atoms with E-state index in [1.165, 1.54) is 12.4 Å². The molecule has 1 unspecified atom stereocenters. The van der Waals surface area contributed by atoms with Crippen LogP contribution in [0.2, 0.25) is 0 Å². The Kier molecular flexibility index (Phi) is 9.82. The summed E-state index contributed by atoms with van der Waals surface area (Å²) in [6, 6.07) is 14.6. The Morgan fingerprint density at radius 1 is 1.23 bits per heavy atom. The maximum Gasteiger partial charge on any atom is 0.350 e. The number of H-pyrrole nitrogens is 1. The highest BCUT2D eigenvalue weighted by atomic mass is 16.5. The van der Waals surface area contributed by atoms with Crippen LogP contribution in [0.1, 0.15) is 40.9 Å². The number of carboxylic acids is 1. The Bertz CT molecular complexity index is 1480. The van der Waals surface area contributed by atoms with Crippen LogP contribution in [0.25, 0.3) is 12.0 Å². The number of nitrogens with one attached hydrogen (secondary N) is 2. The van der Waals surface area contributed by atoms with E-state index in [9.17, 15) is 9.90 Å². The largest absolute Gasteiger partial charge is 0.491 e. The van der Waals surface area contributed by atoms with Crippen molar-refractivity contribution >= 4 is 17.9 Å². The van der Waals surface area contributed by atoms with Gasteiger partial charge in [0, 0.05) is 30.8 Å². The number of ether oxygens (including phenoxy) is 1. The molecule has 0 amide bonds. The number of carboxylic acid groups (broad SMARTS) is 1. The maximum atomic E-state index is 12.7. The highest BCUT2D eigenvalue weighted by Crippen LogP contribution is 2.30. The van der Waals surface area contributed by atoms with Crippen LogP contribution < -0.4 is 16.2 Å². The molecule has 12 heteroatoms. The number of aromatic amines is 1. The van der Waals surface area contributed by atoms with E-state index >= 15 is 0 Å². The Morgan fingerprint density at radius 3 is 2.49 bits per heavy atom. The standard InChI is InChI=1S/C25H25N7O3.C2H4O2/c1-2-16-12-19(15-20(13-16)35-11-10-33)21(14-17-4-6-18(7-5-17)22(26)27)23-30-25(34)32(31-23)24-28-8-3-9-29-24;1-2(3)4/h2-9,12-13,15,21,33H,1,10-11,14H2,(H3,26,27)(H,30,31,34);1H3,(H,3,4). The lowest BCUT2D eigenvalue weighted by Gasteiger charge is -2.18. The topological polar surface area (TPSA) is 193 Å². The summed E-state index contributed by atoms with van der Waals surface area (Å²) in [6.45, 7) is 4.98. The van der Waals surface area contributed by atoms with E-state index in [1.807, 2.05) is 30.3 Å². The van der Waals surface area contributed by atoms with Crippen molar-refractivity contribution in [1.29, 1.82) is 5.41 Å². The quantitative estimate of drug-likeness (QED) is 0.150. The van der Waals surface area contributed by atoms with E-state index in [2.05, 4.69) is 26.6 Å². The van der Waals surface area contributed by atoms with Gasteiger partial charge in [-0.15, -0.1) is 9.78 Å². The lowest BCUT2D eigenvalue weighted by atomic mass is 9.89. The number of aliphatic hydroxyl groups excluding tert-OH is 1. The Hall–Kier alpha value is -5.10. The van der Waals surface area contributed by atoms with Crippen molar-refractivity contribution in [3.05, 3.63) is 106 Å². The molecule has 0 fully saturated rings. The summed E-state index contributed by atoms with van der Waals surface area (Å²) < 4.78 is 6.79. The summed E-state index contributed by atoms with van der Waals surface area (Å²) in [7, 11) is 0. The van der Waals surface area contributed by atoms with Crippen LogP contribution in [0, 0.1) is 5.41 Å². The molecule has 0 radical (unpaired) electrons. The number of nitrogen functional groups attached to an aromatic ring is 1. The van der Waals surface area contributed by atoms with Crippen molar-refractivity contribution in [1.82, 2.24) is 24.7 Å². The zero-order valence-electron chi connectivity index (χ0n) is 21.2. The van der Waals surface area contributed by atoms with E-state index in [4.69, 9.17) is 25.8 Å². The molecule has 1 atom stereocenters. The number of hydrogen-bond acceptors (Lipinski definition) is 8. The minimum Gasteiger partial charge on any atom is -0.491 e. The molecular weight excluding hydrogens is 502 g/mol. The molecule has 0 bridgehead atoms. The van der Waals surface area contributed by atoms with Crippen molar-refractivity contribution in [3.63, 3.8) is 0 Å². The van der Waals surface area contributed by atoms with Gasteiger partial charge in [-0.05, 0) is 41.3 Å². The second-order valence-corrected chi connectivity index (χ2v) is 8.27. The van der Waals surface area contributed by atoms with Crippen LogP contribution in [0.5, 0.6) is 5.75 Å². The number of benzene rings is 2. The predicted octanol–water partition coefficient (Wildman–Crippen LogP) is 2.11. The first-order valence-corrected chi connectivity index (χ1v) is 11.8. The van der Waals surface area contributed by atoms with Crippen LogP contribution in [-0.4, -0.2) is 60.0 Å².